The van der Waals surface area contributed by atoms with Crippen LogP contribution in [0.15, 0.2) is 18.2 Å². The van der Waals surface area contributed by atoms with Crippen molar-refractivity contribution in [2.45, 2.75) is 65.4 Å². The average molecular weight is 390 g/mol. The molecule has 0 unspecified atom stereocenters. The molecular formula is C22H35N3O3. The van der Waals surface area contributed by atoms with Crippen molar-refractivity contribution in [3.05, 3.63) is 23.8 Å². The summed E-state index contributed by atoms with van der Waals surface area (Å²) < 4.78 is 5.72. The van der Waals surface area contributed by atoms with Crippen molar-refractivity contribution in [3.8, 4) is 5.75 Å². The molecule has 156 valence electrons. The Balaban J connectivity index is 1.72. The number of nitrogens with one attached hydrogen (secondary N) is 2. The van der Waals surface area contributed by atoms with Crippen molar-refractivity contribution < 1.29 is 14.3 Å². The Bertz CT molecular complexity index is 640. The summed E-state index contributed by atoms with van der Waals surface area (Å²) in [6, 6.07) is 5.62. The number of benzene rings is 1. The maximum Gasteiger partial charge on any atom is 0.266 e. The monoisotopic (exact) mass is 389 g/mol. The molecule has 6 nitrogen and oxygen atoms in total. The van der Waals surface area contributed by atoms with Gasteiger partial charge in [-0.1, -0.05) is 32.8 Å². The maximum atomic E-state index is 12.2. The second-order valence-corrected chi connectivity index (χ2v) is 7.55. The number of carbonyl (C=O) groups excluding carboxylic acids is 2. The number of carbonyl (C=O) groups is 2. The van der Waals surface area contributed by atoms with Crippen LogP contribution < -0.4 is 15.4 Å². The molecular weight excluding hydrogens is 354 g/mol. The van der Waals surface area contributed by atoms with Crippen molar-refractivity contribution >= 4 is 17.5 Å². The van der Waals surface area contributed by atoms with E-state index in [1.165, 1.54) is 25.7 Å². The molecule has 2 N–H and O–H groups in total. The van der Waals surface area contributed by atoms with Gasteiger partial charge in [-0.25, -0.2) is 0 Å². The fourth-order valence-electron chi connectivity index (χ4n) is 3.27. The number of hydrogen-bond acceptors (Lipinski definition) is 4. The molecule has 0 aromatic heterocycles. The molecule has 1 aliphatic rings. The number of rotatable bonds is 12. The highest BCUT2D eigenvalue weighted by atomic mass is 16.5. The third-order valence-electron chi connectivity index (χ3n) is 4.95. The van der Waals surface area contributed by atoms with E-state index in [2.05, 4.69) is 29.4 Å². The first-order chi connectivity index (χ1) is 13.5. The summed E-state index contributed by atoms with van der Waals surface area (Å²) in [4.78, 5) is 26.9. The quantitative estimate of drug-likeness (QED) is 0.537. The first-order valence-electron chi connectivity index (χ1n) is 10.6. The highest BCUT2D eigenvalue weighted by molar-refractivity contribution is 6.00. The Morgan fingerprint density at radius 1 is 1.14 bits per heavy atom. The topological polar surface area (TPSA) is 70.7 Å². The van der Waals surface area contributed by atoms with E-state index in [0.717, 1.165) is 31.6 Å². The molecule has 1 atom stereocenters. The molecule has 1 heterocycles. The zero-order valence-electron chi connectivity index (χ0n) is 17.6. The molecule has 0 spiro atoms. The number of fused-ring (bicyclic) bond motifs is 1. The van der Waals surface area contributed by atoms with Crippen LogP contribution >= 0.6 is 0 Å². The molecule has 1 aromatic carbocycles. The third-order valence-corrected chi connectivity index (χ3v) is 4.95. The van der Waals surface area contributed by atoms with Crippen molar-refractivity contribution in [1.82, 2.24) is 10.2 Å². The van der Waals surface area contributed by atoms with E-state index in [0.29, 0.717) is 18.0 Å². The van der Waals surface area contributed by atoms with Gasteiger partial charge < -0.3 is 20.3 Å². The van der Waals surface area contributed by atoms with Gasteiger partial charge in [-0.05, 0) is 63.5 Å². The molecule has 1 aliphatic heterocycles. The van der Waals surface area contributed by atoms with E-state index in [-0.39, 0.29) is 18.2 Å². The predicted molar refractivity (Wildman–Crippen MR) is 113 cm³/mol. The number of unbranched alkanes of at least 4 members (excludes halogenated alkanes) is 2. The zero-order valence-corrected chi connectivity index (χ0v) is 17.6. The fourth-order valence-corrected chi connectivity index (χ4v) is 3.27. The number of aryl methyl sites for hydroxylation is 1. The fraction of sp³-hybridized carbons (Fsp3) is 0.636. The molecule has 2 rings (SSSR count). The van der Waals surface area contributed by atoms with Crippen LogP contribution in [0.3, 0.4) is 0 Å². The Hall–Kier alpha value is -2.08. The minimum atomic E-state index is -0.777. The molecule has 0 aliphatic carbocycles. The van der Waals surface area contributed by atoms with Gasteiger partial charge in [0.2, 0.25) is 5.91 Å². The van der Waals surface area contributed by atoms with Gasteiger partial charge >= 0.3 is 0 Å². The van der Waals surface area contributed by atoms with Crippen molar-refractivity contribution in [1.29, 1.82) is 0 Å². The largest absolute Gasteiger partial charge is 0.478 e. The lowest BCUT2D eigenvalue weighted by atomic mass is 10.1. The first-order valence-corrected chi connectivity index (χ1v) is 10.6. The van der Waals surface area contributed by atoms with Crippen LogP contribution in [0, 0.1) is 6.92 Å². The van der Waals surface area contributed by atoms with Crippen molar-refractivity contribution in [3.63, 3.8) is 0 Å². The summed E-state index contributed by atoms with van der Waals surface area (Å²) in [6.45, 7) is 10.2. The first kappa shape index (κ1) is 22.2. The van der Waals surface area contributed by atoms with Gasteiger partial charge in [-0.15, -0.1) is 0 Å². The second kappa shape index (κ2) is 11.7. The number of nitrogens with zero attached hydrogens (tertiary/aromatic N) is 1. The van der Waals surface area contributed by atoms with E-state index < -0.39 is 6.10 Å². The minimum absolute atomic E-state index is 0.0362. The van der Waals surface area contributed by atoms with Gasteiger partial charge in [-0.2, -0.15) is 0 Å². The molecule has 0 saturated carbocycles. The van der Waals surface area contributed by atoms with Crippen LogP contribution in [-0.2, 0) is 9.59 Å². The average Bonchev–Trinajstić information content (AvgIpc) is 2.67. The highest BCUT2D eigenvalue weighted by Crippen LogP contribution is 2.30. The Labute approximate surface area is 169 Å². The lowest BCUT2D eigenvalue weighted by Crippen LogP contribution is -2.41. The molecule has 0 bridgehead atoms. The number of ether oxygens (including phenoxy) is 1. The van der Waals surface area contributed by atoms with Gasteiger partial charge in [0.25, 0.3) is 5.91 Å². The second-order valence-electron chi connectivity index (χ2n) is 7.55. The standard InChI is InChI=1S/C22H35N3O3/c1-4-6-12-25(13-7-5-2)14-8-11-23-21(26)16-20-22(27)24-18-15-17(3)9-10-19(18)28-20/h9-10,15,20H,4-8,11-14,16H2,1-3H3,(H,23,26)(H,24,27)/t20-/m0/s1. The van der Waals surface area contributed by atoms with E-state index in [9.17, 15) is 9.59 Å². The maximum absolute atomic E-state index is 12.2. The van der Waals surface area contributed by atoms with E-state index in [1.807, 2.05) is 25.1 Å². The smallest absolute Gasteiger partial charge is 0.266 e. The summed E-state index contributed by atoms with van der Waals surface area (Å²) in [5.74, 6) is 0.202. The molecule has 2 amide bonds. The minimum Gasteiger partial charge on any atom is -0.478 e. The summed E-state index contributed by atoms with van der Waals surface area (Å²) >= 11 is 0. The van der Waals surface area contributed by atoms with Gasteiger partial charge in [-0.3, -0.25) is 9.59 Å². The number of anilines is 1. The van der Waals surface area contributed by atoms with Gasteiger partial charge in [0.15, 0.2) is 6.10 Å². The summed E-state index contributed by atoms with van der Waals surface area (Å²) in [5.41, 5.74) is 1.71. The molecule has 0 saturated heterocycles. The third kappa shape index (κ3) is 7.15. The van der Waals surface area contributed by atoms with Crippen LogP contribution in [0.25, 0.3) is 0 Å². The SMILES string of the molecule is CCCCN(CCCC)CCCNC(=O)C[C@@H]1Oc2ccc(C)cc2NC1=O. The Morgan fingerprint density at radius 3 is 2.50 bits per heavy atom. The van der Waals surface area contributed by atoms with Crippen LogP contribution in [-0.4, -0.2) is 49.0 Å². The molecule has 28 heavy (non-hydrogen) atoms. The zero-order chi connectivity index (χ0) is 20.4. The van der Waals surface area contributed by atoms with E-state index in [4.69, 9.17) is 4.74 Å². The molecule has 0 fully saturated rings. The van der Waals surface area contributed by atoms with Crippen LogP contribution in [0.4, 0.5) is 5.69 Å². The van der Waals surface area contributed by atoms with Crippen molar-refractivity contribution in [2.24, 2.45) is 0 Å². The normalized spacial score (nSPS) is 15.7. The predicted octanol–water partition coefficient (Wildman–Crippen LogP) is 3.49. The lowest BCUT2D eigenvalue weighted by molar-refractivity contribution is -0.130. The Kier molecular flexibility index (Phi) is 9.28. The molecule has 1 aromatic rings. The summed E-state index contributed by atoms with van der Waals surface area (Å²) in [6.07, 6.45) is 5.00. The lowest BCUT2D eigenvalue weighted by Gasteiger charge is -2.26. The van der Waals surface area contributed by atoms with E-state index >= 15 is 0 Å². The van der Waals surface area contributed by atoms with Crippen LogP contribution in [0.1, 0.15) is 57.9 Å². The van der Waals surface area contributed by atoms with Crippen molar-refractivity contribution in [2.75, 3.05) is 31.5 Å². The highest BCUT2D eigenvalue weighted by Gasteiger charge is 2.29. The van der Waals surface area contributed by atoms with Crippen LogP contribution in [0.2, 0.25) is 0 Å². The van der Waals surface area contributed by atoms with Crippen LogP contribution in [0.5, 0.6) is 5.75 Å². The Morgan fingerprint density at radius 2 is 1.82 bits per heavy atom. The van der Waals surface area contributed by atoms with Gasteiger partial charge in [0.05, 0.1) is 12.1 Å². The molecule has 0 radical (unpaired) electrons. The summed E-state index contributed by atoms with van der Waals surface area (Å²) in [5, 5.41) is 5.75. The molecule has 6 heteroatoms. The van der Waals surface area contributed by atoms with E-state index in [1.54, 1.807) is 0 Å². The van der Waals surface area contributed by atoms with Gasteiger partial charge in [0.1, 0.15) is 5.75 Å². The number of amides is 2. The summed E-state index contributed by atoms with van der Waals surface area (Å²) in [7, 11) is 0. The van der Waals surface area contributed by atoms with Gasteiger partial charge in [0, 0.05) is 6.54 Å². The number of hydrogen-bond donors (Lipinski definition) is 2.